The number of carbonyl (C=O) groups excluding carboxylic acids is 2. The molecule has 7 heteroatoms. The third kappa shape index (κ3) is 3.63. The molecule has 23 heavy (non-hydrogen) atoms. The minimum absolute atomic E-state index is 0.0181. The molecule has 0 atom stereocenters. The maximum atomic E-state index is 12.1. The Bertz CT molecular complexity index is 792. The molecule has 1 aromatic heterocycles. The zero-order valence-electron chi connectivity index (χ0n) is 13.0. The van der Waals surface area contributed by atoms with Gasteiger partial charge in [-0.1, -0.05) is 12.1 Å². The number of aromatic nitrogens is 1. The van der Waals surface area contributed by atoms with E-state index in [1.54, 1.807) is 12.1 Å². The number of aryl methyl sites for hydroxylation is 3. The summed E-state index contributed by atoms with van der Waals surface area (Å²) < 4.78 is 6.25. The van der Waals surface area contributed by atoms with Crippen molar-refractivity contribution in [2.45, 2.75) is 13.8 Å². The summed E-state index contributed by atoms with van der Waals surface area (Å²) >= 11 is 0. The highest BCUT2D eigenvalue weighted by molar-refractivity contribution is 5.99. The van der Waals surface area contributed by atoms with Crippen molar-refractivity contribution in [1.29, 1.82) is 0 Å². The van der Waals surface area contributed by atoms with Crippen molar-refractivity contribution >= 4 is 17.4 Å². The minimum atomic E-state index is -0.780. The largest absolute Gasteiger partial charge is 0.453 e. The molecule has 0 spiro atoms. The molecule has 0 saturated heterocycles. The lowest BCUT2D eigenvalue weighted by atomic mass is 10.0. The van der Waals surface area contributed by atoms with Gasteiger partial charge in [0, 0.05) is 18.7 Å². The van der Waals surface area contributed by atoms with E-state index in [-0.39, 0.29) is 17.2 Å². The first-order valence-electron chi connectivity index (χ1n) is 6.88. The van der Waals surface area contributed by atoms with Crippen LogP contribution in [-0.4, -0.2) is 27.8 Å². The van der Waals surface area contributed by atoms with E-state index in [0.717, 1.165) is 17.2 Å². The molecule has 1 heterocycles. The number of nitrogens with zero attached hydrogens (tertiary/aromatic N) is 2. The fraction of sp³-hybridized carbons (Fsp3) is 0.250. The van der Waals surface area contributed by atoms with Gasteiger partial charge in [-0.05, 0) is 31.0 Å². The summed E-state index contributed by atoms with van der Waals surface area (Å²) in [6.07, 6.45) is 1.21. The molecule has 7 nitrogen and oxygen atoms in total. The maximum Gasteiger partial charge on any atom is 0.355 e. The van der Waals surface area contributed by atoms with Crippen molar-refractivity contribution in [1.82, 2.24) is 4.57 Å². The molecule has 2 aromatic rings. The van der Waals surface area contributed by atoms with Gasteiger partial charge in [-0.2, -0.15) is 0 Å². The number of ether oxygens (including phenoxy) is 1. The van der Waals surface area contributed by atoms with E-state index >= 15 is 0 Å². The number of carbonyl (C=O) groups is 2. The average molecular weight is 316 g/mol. The zero-order chi connectivity index (χ0) is 17.1. The van der Waals surface area contributed by atoms with Crippen LogP contribution in [0.1, 0.15) is 32.0 Å². The predicted octanol–water partition coefficient (Wildman–Crippen LogP) is 2.59. The van der Waals surface area contributed by atoms with E-state index in [9.17, 15) is 19.7 Å². The van der Waals surface area contributed by atoms with Gasteiger partial charge in [-0.3, -0.25) is 14.9 Å². The Hall–Kier alpha value is -2.96. The molecular weight excluding hydrogens is 300 g/mol. The van der Waals surface area contributed by atoms with Gasteiger partial charge >= 0.3 is 5.97 Å². The molecule has 0 unspecified atom stereocenters. The zero-order valence-corrected chi connectivity index (χ0v) is 13.0. The monoisotopic (exact) mass is 316 g/mol. The minimum Gasteiger partial charge on any atom is -0.453 e. The highest BCUT2D eigenvalue weighted by Gasteiger charge is 2.20. The summed E-state index contributed by atoms with van der Waals surface area (Å²) in [7, 11) is 1.49. The Morgan fingerprint density at radius 1 is 1.22 bits per heavy atom. The summed E-state index contributed by atoms with van der Waals surface area (Å²) in [5.41, 5.74) is 2.30. The number of rotatable bonds is 5. The van der Waals surface area contributed by atoms with Crippen LogP contribution in [0.15, 0.2) is 30.5 Å². The van der Waals surface area contributed by atoms with Gasteiger partial charge in [0.25, 0.3) is 5.69 Å². The summed E-state index contributed by atoms with van der Waals surface area (Å²) in [6.45, 7) is 3.41. The number of nitro groups is 1. The molecule has 0 radical (unpaired) electrons. The second kappa shape index (κ2) is 6.43. The van der Waals surface area contributed by atoms with Crippen molar-refractivity contribution in [2.24, 2.45) is 7.05 Å². The molecule has 0 aliphatic heterocycles. The Morgan fingerprint density at radius 2 is 1.91 bits per heavy atom. The summed E-state index contributed by atoms with van der Waals surface area (Å²) in [6, 6.07) is 6.35. The van der Waals surface area contributed by atoms with Gasteiger partial charge in [0.05, 0.1) is 11.1 Å². The Kier molecular flexibility index (Phi) is 4.59. The lowest BCUT2D eigenvalue weighted by Crippen LogP contribution is -2.16. The molecular formula is C16H16N2O5. The fourth-order valence-corrected chi connectivity index (χ4v) is 2.05. The number of hydrogen-bond donors (Lipinski definition) is 0. The number of benzene rings is 1. The first-order valence-corrected chi connectivity index (χ1v) is 6.88. The lowest BCUT2D eigenvalue weighted by Gasteiger charge is -2.06. The Labute approximate surface area is 132 Å². The lowest BCUT2D eigenvalue weighted by molar-refractivity contribution is -0.384. The van der Waals surface area contributed by atoms with Gasteiger partial charge in [0.2, 0.25) is 0 Å². The number of Topliss-reactive ketones (excluding diaryl/α,β-unsaturated/α-hetero) is 1. The predicted molar refractivity (Wildman–Crippen MR) is 82.6 cm³/mol. The van der Waals surface area contributed by atoms with Gasteiger partial charge in [-0.25, -0.2) is 4.79 Å². The normalized spacial score (nSPS) is 10.4. The number of hydrogen-bond acceptors (Lipinski definition) is 5. The number of esters is 1. The van der Waals surface area contributed by atoms with Crippen LogP contribution in [0.5, 0.6) is 0 Å². The fourth-order valence-electron chi connectivity index (χ4n) is 2.05. The molecule has 0 aliphatic rings. The van der Waals surface area contributed by atoms with Crippen LogP contribution in [0.4, 0.5) is 5.69 Å². The first kappa shape index (κ1) is 16.4. The second-order valence-electron chi connectivity index (χ2n) is 5.25. The topological polar surface area (TPSA) is 91.4 Å². The standard InChI is InChI=1S/C16H16N2O5/c1-10-4-5-12(6-11(10)2)15(19)9-23-16(20)14-7-13(18(21)22)8-17(14)3/h4-8H,9H2,1-3H3. The SMILES string of the molecule is Cc1ccc(C(=O)COC(=O)c2cc([N+](=O)[O-])cn2C)cc1C. The molecule has 0 saturated carbocycles. The average Bonchev–Trinajstić information content (AvgIpc) is 2.89. The van der Waals surface area contributed by atoms with E-state index in [1.165, 1.54) is 17.8 Å². The van der Waals surface area contributed by atoms with Gasteiger partial charge < -0.3 is 9.30 Å². The highest BCUT2D eigenvalue weighted by atomic mass is 16.6. The molecule has 120 valence electrons. The quantitative estimate of drug-likeness (QED) is 0.366. The van der Waals surface area contributed by atoms with Crippen LogP contribution in [-0.2, 0) is 11.8 Å². The summed E-state index contributed by atoms with van der Waals surface area (Å²) in [4.78, 5) is 34.1. The van der Waals surface area contributed by atoms with Crippen LogP contribution in [0, 0.1) is 24.0 Å². The van der Waals surface area contributed by atoms with Crippen molar-refractivity contribution < 1.29 is 19.2 Å². The highest BCUT2D eigenvalue weighted by Crippen LogP contribution is 2.16. The van der Waals surface area contributed by atoms with E-state index in [4.69, 9.17) is 4.74 Å². The summed E-state index contributed by atoms with van der Waals surface area (Å²) in [5, 5.41) is 10.7. The van der Waals surface area contributed by atoms with Gasteiger partial charge in [-0.15, -0.1) is 0 Å². The van der Waals surface area contributed by atoms with Crippen molar-refractivity contribution in [3.8, 4) is 0 Å². The van der Waals surface area contributed by atoms with Crippen LogP contribution < -0.4 is 0 Å². The second-order valence-corrected chi connectivity index (χ2v) is 5.25. The van der Waals surface area contributed by atoms with Crippen LogP contribution >= 0.6 is 0 Å². The molecule has 0 amide bonds. The smallest absolute Gasteiger partial charge is 0.355 e. The van der Waals surface area contributed by atoms with E-state index < -0.39 is 17.5 Å². The molecule has 0 aliphatic carbocycles. The number of ketones is 1. The third-order valence-electron chi connectivity index (χ3n) is 3.57. The van der Waals surface area contributed by atoms with Crippen LogP contribution in [0.2, 0.25) is 0 Å². The molecule has 2 rings (SSSR count). The van der Waals surface area contributed by atoms with Crippen LogP contribution in [0.3, 0.4) is 0 Å². The third-order valence-corrected chi connectivity index (χ3v) is 3.57. The Balaban J connectivity index is 2.05. The summed E-state index contributed by atoms with van der Waals surface area (Å²) in [5.74, 6) is -1.11. The van der Waals surface area contributed by atoms with Crippen molar-refractivity contribution in [2.75, 3.05) is 6.61 Å². The van der Waals surface area contributed by atoms with E-state index in [2.05, 4.69) is 0 Å². The van der Waals surface area contributed by atoms with Crippen LogP contribution in [0.25, 0.3) is 0 Å². The van der Waals surface area contributed by atoms with Crippen molar-refractivity contribution in [3.63, 3.8) is 0 Å². The van der Waals surface area contributed by atoms with Gasteiger partial charge in [0.1, 0.15) is 5.69 Å². The van der Waals surface area contributed by atoms with E-state index in [0.29, 0.717) is 5.56 Å². The molecule has 0 N–H and O–H groups in total. The van der Waals surface area contributed by atoms with Crippen molar-refractivity contribution in [3.05, 3.63) is 63.0 Å². The molecule has 1 aromatic carbocycles. The van der Waals surface area contributed by atoms with E-state index in [1.807, 2.05) is 19.9 Å². The van der Waals surface area contributed by atoms with Gasteiger partial charge in [0.15, 0.2) is 12.4 Å². The maximum absolute atomic E-state index is 12.1. The molecule has 0 bridgehead atoms. The molecule has 0 fully saturated rings. The first-order chi connectivity index (χ1) is 10.8. The Morgan fingerprint density at radius 3 is 2.48 bits per heavy atom.